The van der Waals surface area contributed by atoms with Gasteiger partial charge in [-0.1, -0.05) is 32.5 Å². The SMILES string of the molecule is CCN(CC)CCCNC1=NCC(C)CS1. The molecule has 0 aliphatic carbocycles. The highest BCUT2D eigenvalue weighted by Crippen LogP contribution is 2.15. The predicted molar refractivity (Wildman–Crippen MR) is 74.3 cm³/mol. The molecule has 0 spiro atoms. The van der Waals surface area contributed by atoms with Gasteiger partial charge in [0.05, 0.1) is 0 Å². The Kier molecular flexibility index (Phi) is 6.88. The zero-order valence-electron chi connectivity index (χ0n) is 10.8. The van der Waals surface area contributed by atoms with Crippen LogP contribution in [-0.4, -0.2) is 48.5 Å². The summed E-state index contributed by atoms with van der Waals surface area (Å²) < 4.78 is 0. The zero-order valence-corrected chi connectivity index (χ0v) is 11.6. The minimum Gasteiger partial charge on any atom is -0.365 e. The lowest BCUT2D eigenvalue weighted by molar-refractivity contribution is 0.300. The minimum atomic E-state index is 0.742. The maximum Gasteiger partial charge on any atom is 0.156 e. The lowest BCUT2D eigenvalue weighted by Crippen LogP contribution is -2.30. The van der Waals surface area contributed by atoms with Crippen LogP contribution in [0.5, 0.6) is 0 Å². The summed E-state index contributed by atoms with van der Waals surface area (Å²) >= 11 is 1.87. The van der Waals surface area contributed by atoms with E-state index in [0.29, 0.717) is 0 Å². The smallest absolute Gasteiger partial charge is 0.156 e. The summed E-state index contributed by atoms with van der Waals surface area (Å²) in [5.74, 6) is 1.95. The van der Waals surface area contributed by atoms with Gasteiger partial charge in [0.15, 0.2) is 5.17 Å². The second kappa shape index (κ2) is 7.96. The van der Waals surface area contributed by atoms with E-state index in [9.17, 15) is 0 Å². The third-order valence-corrected chi connectivity index (χ3v) is 4.16. The molecule has 1 unspecified atom stereocenters. The van der Waals surface area contributed by atoms with Crippen molar-refractivity contribution in [2.75, 3.05) is 38.5 Å². The first-order chi connectivity index (χ1) is 7.76. The van der Waals surface area contributed by atoms with Crippen LogP contribution in [-0.2, 0) is 0 Å². The van der Waals surface area contributed by atoms with Gasteiger partial charge in [0.1, 0.15) is 0 Å². The molecule has 1 aliphatic rings. The van der Waals surface area contributed by atoms with Gasteiger partial charge in [0, 0.05) is 18.8 Å². The molecule has 16 heavy (non-hydrogen) atoms. The van der Waals surface area contributed by atoms with Gasteiger partial charge in [0.2, 0.25) is 0 Å². The molecule has 0 fully saturated rings. The van der Waals surface area contributed by atoms with Gasteiger partial charge in [-0.3, -0.25) is 4.99 Å². The van der Waals surface area contributed by atoms with Crippen LogP contribution < -0.4 is 5.32 Å². The van der Waals surface area contributed by atoms with Crippen molar-refractivity contribution in [2.24, 2.45) is 10.9 Å². The van der Waals surface area contributed by atoms with Crippen molar-refractivity contribution in [3.63, 3.8) is 0 Å². The summed E-state index contributed by atoms with van der Waals surface area (Å²) in [5, 5.41) is 4.58. The van der Waals surface area contributed by atoms with E-state index in [1.165, 1.54) is 18.7 Å². The van der Waals surface area contributed by atoms with Gasteiger partial charge in [0.25, 0.3) is 0 Å². The van der Waals surface area contributed by atoms with Crippen LogP contribution in [0.1, 0.15) is 27.2 Å². The van der Waals surface area contributed by atoms with E-state index in [-0.39, 0.29) is 0 Å². The standard InChI is InChI=1S/C12H25N3S/c1-4-15(5-2)8-6-7-13-12-14-9-11(3)10-16-12/h11H,4-10H2,1-3H3,(H,13,14). The average Bonchev–Trinajstić information content (AvgIpc) is 2.32. The van der Waals surface area contributed by atoms with Crippen LogP contribution in [0.15, 0.2) is 4.99 Å². The van der Waals surface area contributed by atoms with E-state index >= 15 is 0 Å². The van der Waals surface area contributed by atoms with Gasteiger partial charge >= 0.3 is 0 Å². The molecule has 1 atom stereocenters. The van der Waals surface area contributed by atoms with E-state index in [0.717, 1.165) is 37.3 Å². The van der Waals surface area contributed by atoms with Gasteiger partial charge < -0.3 is 10.2 Å². The summed E-state index contributed by atoms with van der Waals surface area (Å²) in [5.41, 5.74) is 0. The fourth-order valence-electron chi connectivity index (χ4n) is 1.70. The molecule has 4 heteroatoms. The third kappa shape index (κ3) is 5.21. The Labute approximate surface area is 104 Å². The summed E-state index contributed by atoms with van der Waals surface area (Å²) in [7, 11) is 0. The Morgan fingerprint density at radius 3 is 2.75 bits per heavy atom. The molecule has 94 valence electrons. The molecule has 0 radical (unpaired) electrons. The van der Waals surface area contributed by atoms with Crippen LogP contribution in [0, 0.1) is 5.92 Å². The number of hydrogen-bond acceptors (Lipinski definition) is 4. The van der Waals surface area contributed by atoms with E-state index in [2.05, 4.69) is 36.0 Å². The first-order valence-corrected chi connectivity index (χ1v) is 7.38. The Bertz CT molecular complexity index is 214. The molecule has 1 aliphatic heterocycles. The Morgan fingerprint density at radius 1 is 1.44 bits per heavy atom. The van der Waals surface area contributed by atoms with Crippen LogP contribution >= 0.6 is 11.8 Å². The topological polar surface area (TPSA) is 27.6 Å². The van der Waals surface area contributed by atoms with E-state index < -0.39 is 0 Å². The summed E-state index contributed by atoms with van der Waals surface area (Å²) in [6.07, 6.45) is 1.21. The summed E-state index contributed by atoms with van der Waals surface area (Å²) in [6, 6.07) is 0. The van der Waals surface area contributed by atoms with Crippen molar-refractivity contribution < 1.29 is 0 Å². The zero-order chi connectivity index (χ0) is 11.8. The third-order valence-electron chi connectivity index (χ3n) is 2.87. The molecule has 0 aromatic heterocycles. The molecule has 0 saturated heterocycles. The van der Waals surface area contributed by atoms with Crippen molar-refractivity contribution in [1.29, 1.82) is 0 Å². The molecule has 0 aromatic carbocycles. The molecular formula is C12H25N3S. The Balaban J connectivity index is 2.07. The van der Waals surface area contributed by atoms with E-state index in [4.69, 9.17) is 0 Å². The highest BCUT2D eigenvalue weighted by atomic mass is 32.2. The second-order valence-corrected chi connectivity index (χ2v) is 5.38. The average molecular weight is 243 g/mol. The van der Waals surface area contributed by atoms with Crippen molar-refractivity contribution >= 4 is 16.9 Å². The molecule has 1 N–H and O–H groups in total. The van der Waals surface area contributed by atoms with Crippen molar-refractivity contribution in [3.8, 4) is 0 Å². The number of amidine groups is 1. The number of nitrogens with zero attached hydrogens (tertiary/aromatic N) is 2. The van der Waals surface area contributed by atoms with Gasteiger partial charge in [-0.15, -0.1) is 0 Å². The molecule has 1 rings (SSSR count). The maximum atomic E-state index is 4.52. The van der Waals surface area contributed by atoms with Gasteiger partial charge in [-0.25, -0.2) is 0 Å². The summed E-state index contributed by atoms with van der Waals surface area (Å²) in [6.45, 7) is 12.2. The summed E-state index contributed by atoms with van der Waals surface area (Å²) in [4.78, 5) is 6.98. The number of nitrogens with one attached hydrogen (secondary N) is 1. The maximum absolute atomic E-state index is 4.52. The Hall–Kier alpha value is -0.220. The number of aliphatic imine (C=N–C) groups is 1. The van der Waals surface area contributed by atoms with Crippen molar-refractivity contribution in [1.82, 2.24) is 10.2 Å². The highest BCUT2D eigenvalue weighted by molar-refractivity contribution is 8.13. The first-order valence-electron chi connectivity index (χ1n) is 6.39. The van der Waals surface area contributed by atoms with Crippen LogP contribution in [0.2, 0.25) is 0 Å². The van der Waals surface area contributed by atoms with Crippen molar-refractivity contribution in [2.45, 2.75) is 27.2 Å². The van der Waals surface area contributed by atoms with Crippen LogP contribution in [0.4, 0.5) is 0 Å². The lowest BCUT2D eigenvalue weighted by Gasteiger charge is -2.20. The molecule has 1 heterocycles. The fourth-order valence-corrected chi connectivity index (χ4v) is 2.62. The highest BCUT2D eigenvalue weighted by Gasteiger charge is 2.11. The molecule has 0 aromatic rings. The number of rotatable bonds is 6. The fraction of sp³-hybridized carbons (Fsp3) is 0.917. The number of thioether (sulfide) groups is 1. The van der Waals surface area contributed by atoms with Gasteiger partial charge in [-0.05, 0) is 32.0 Å². The number of hydrogen-bond donors (Lipinski definition) is 1. The van der Waals surface area contributed by atoms with E-state index in [1.54, 1.807) is 0 Å². The largest absolute Gasteiger partial charge is 0.365 e. The second-order valence-electron chi connectivity index (χ2n) is 4.37. The minimum absolute atomic E-state index is 0.742. The van der Waals surface area contributed by atoms with E-state index in [1.807, 2.05) is 11.8 Å². The van der Waals surface area contributed by atoms with Gasteiger partial charge in [-0.2, -0.15) is 0 Å². The lowest BCUT2D eigenvalue weighted by atomic mass is 10.2. The molecule has 0 saturated carbocycles. The monoisotopic (exact) mass is 243 g/mol. The normalized spacial score (nSPS) is 21.0. The van der Waals surface area contributed by atoms with Crippen LogP contribution in [0.25, 0.3) is 0 Å². The predicted octanol–water partition coefficient (Wildman–Crippen LogP) is 2.05. The van der Waals surface area contributed by atoms with Crippen LogP contribution in [0.3, 0.4) is 0 Å². The van der Waals surface area contributed by atoms with Crippen molar-refractivity contribution in [3.05, 3.63) is 0 Å². The molecule has 3 nitrogen and oxygen atoms in total. The molecule has 0 bridgehead atoms. The first kappa shape index (κ1) is 13.8. The Morgan fingerprint density at radius 2 is 2.19 bits per heavy atom. The molecule has 0 amide bonds. The molecular weight excluding hydrogens is 218 g/mol. The quantitative estimate of drug-likeness (QED) is 0.724.